The minimum Gasteiger partial charge on any atom is -0.484 e. The molecule has 0 N–H and O–H groups in total. The molecule has 3 aromatic carbocycles. The van der Waals surface area contributed by atoms with E-state index in [0.29, 0.717) is 60.1 Å². The van der Waals surface area contributed by atoms with Gasteiger partial charge in [-0.15, -0.1) is 0 Å². The molecule has 0 spiro atoms. The van der Waals surface area contributed by atoms with Gasteiger partial charge in [0.1, 0.15) is 11.3 Å². The van der Waals surface area contributed by atoms with E-state index in [1.165, 1.54) is 4.68 Å². The molecule has 0 bridgehead atoms. The molecule has 1 aliphatic rings. The molecule has 0 atom stereocenters. The molecule has 10 nitrogen and oxygen atoms in total. The molecule has 1 fully saturated rings. The van der Waals surface area contributed by atoms with E-state index in [4.69, 9.17) is 18.9 Å². The van der Waals surface area contributed by atoms with Gasteiger partial charge in [-0.2, -0.15) is 9.78 Å². The number of morpholine rings is 1. The van der Waals surface area contributed by atoms with Crippen molar-refractivity contribution in [1.29, 1.82) is 0 Å². The summed E-state index contributed by atoms with van der Waals surface area (Å²) < 4.78 is 21.5. The first-order valence-electron chi connectivity index (χ1n) is 14.9. The molecule has 6 aromatic rings. The van der Waals surface area contributed by atoms with E-state index < -0.39 is 0 Å². The first-order chi connectivity index (χ1) is 22.4. The van der Waals surface area contributed by atoms with E-state index in [9.17, 15) is 9.59 Å². The summed E-state index contributed by atoms with van der Waals surface area (Å²) in [6.45, 7) is 6.28. The average Bonchev–Trinajstić information content (AvgIpc) is 3.62. The number of ether oxygens (including phenoxy) is 2. The Balaban J connectivity index is 1.18. The normalized spacial score (nSPS) is 13.7. The minimum absolute atomic E-state index is 0.0158. The summed E-state index contributed by atoms with van der Waals surface area (Å²) in [6.07, 6.45) is 1.67. The van der Waals surface area contributed by atoms with Gasteiger partial charge in [-0.25, -0.2) is 4.98 Å². The van der Waals surface area contributed by atoms with Gasteiger partial charge in [-0.1, -0.05) is 28.1 Å². The molecule has 1 saturated heterocycles. The van der Waals surface area contributed by atoms with Crippen molar-refractivity contribution in [2.75, 3.05) is 32.9 Å². The summed E-state index contributed by atoms with van der Waals surface area (Å²) in [5, 5.41) is 6.00. The third-order valence-corrected chi connectivity index (χ3v) is 8.55. The number of aromatic nitrogens is 3. The fourth-order valence-corrected chi connectivity index (χ4v) is 6.07. The fourth-order valence-electron chi connectivity index (χ4n) is 5.69. The van der Waals surface area contributed by atoms with Crippen molar-refractivity contribution in [3.63, 3.8) is 0 Å². The summed E-state index contributed by atoms with van der Waals surface area (Å²) in [5.41, 5.74) is 4.65. The molecular formula is C35H30BrN5O5. The van der Waals surface area contributed by atoms with Gasteiger partial charge in [-0.05, 0) is 80.6 Å². The molecule has 46 heavy (non-hydrogen) atoms. The standard InChI is InChI=1S/C35H30BrN5O5/c1-22-17-25(23(2)40(22)27-8-10-28(11-9-27)45-21-33(42)39-13-15-44-16-14-39)20-37-41-34(38-30-6-4-3-5-29(30)35(41)43)32-19-24-18-26(36)7-12-31(24)46-32/h3-12,17-20H,13-16,21H2,1-2H3. The van der Waals surface area contributed by atoms with E-state index in [1.54, 1.807) is 23.2 Å². The summed E-state index contributed by atoms with van der Waals surface area (Å²) >= 11 is 3.51. The molecule has 0 aliphatic carbocycles. The number of amides is 1. The molecule has 3 aromatic heterocycles. The van der Waals surface area contributed by atoms with Crippen LogP contribution in [0.2, 0.25) is 0 Å². The SMILES string of the molecule is Cc1cc(C=Nn2c(-c3cc4cc(Br)ccc4o3)nc3ccccc3c2=O)c(C)n1-c1ccc(OCC(=O)N2CCOCC2)cc1. The van der Waals surface area contributed by atoms with E-state index in [1.807, 2.05) is 80.6 Å². The molecule has 7 rings (SSSR count). The highest BCUT2D eigenvalue weighted by atomic mass is 79.9. The second-order valence-electron chi connectivity index (χ2n) is 11.0. The van der Waals surface area contributed by atoms with Crippen LogP contribution in [0.3, 0.4) is 0 Å². The van der Waals surface area contributed by atoms with Gasteiger partial charge in [-0.3, -0.25) is 9.59 Å². The smallest absolute Gasteiger partial charge is 0.282 e. The highest BCUT2D eigenvalue weighted by Gasteiger charge is 2.19. The zero-order valence-electron chi connectivity index (χ0n) is 25.3. The third-order valence-electron chi connectivity index (χ3n) is 8.06. The van der Waals surface area contributed by atoms with Gasteiger partial charge in [0.2, 0.25) is 5.82 Å². The Morgan fingerprint density at radius 1 is 1.02 bits per heavy atom. The van der Waals surface area contributed by atoms with Crippen LogP contribution in [0.4, 0.5) is 0 Å². The number of nitrogens with zero attached hydrogens (tertiary/aromatic N) is 5. The van der Waals surface area contributed by atoms with Crippen LogP contribution < -0.4 is 10.3 Å². The number of halogens is 1. The Hall–Kier alpha value is -5.00. The number of hydrogen-bond donors (Lipinski definition) is 0. The van der Waals surface area contributed by atoms with Crippen LogP contribution in [0.5, 0.6) is 5.75 Å². The minimum atomic E-state index is -0.296. The number of hydrogen-bond acceptors (Lipinski definition) is 7. The zero-order valence-corrected chi connectivity index (χ0v) is 26.9. The van der Waals surface area contributed by atoms with Crippen LogP contribution >= 0.6 is 15.9 Å². The predicted molar refractivity (Wildman–Crippen MR) is 180 cm³/mol. The van der Waals surface area contributed by atoms with Crippen LogP contribution in [0.15, 0.2) is 97.6 Å². The second-order valence-corrected chi connectivity index (χ2v) is 12.0. The maximum absolute atomic E-state index is 13.7. The molecule has 11 heteroatoms. The van der Waals surface area contributed by atoms with Crippen LogP contribution in [0.1, 0.15) is 17.0 Å². The lowest BCUT2D eigenvalue weighted by Gasteiger charge is -2.26. The number of para-hydroxylation sites is 1. The van der Waals surface area contributed by atoms with Crippen LogP contribution in [0, 0.1) is 13.8 Å². The van der Waals surface area contributed by atoms with Crippen molar-refractivity contribution in [3.05, 3.63) is 111 Å². The van der Waals surface area contributed by atoms with E-state index in [-0.39, 0.29) is 18.1 Å². The molecule has 0 radical (unpaired) electrons. The lowest BCUT2D eigenvalue weighted by Crippen LogP contribution is -2.42. The van der Waals surface area contributed by atoms with Crippen molar-refractivity contribution in [3.8, 4) is 23.0 Å². The predicted octanol–water partition coefficient (Wildman–Crippen LogP) is 6.10. The number of furan rings is 1. The maximum atomic E-state index is 13.7. The molecule has 4 heterocycles. The number of benzene rings is 3. The van der Waals surface area contributed by atoms with E-state index in [2.05, 4.69) is 25.6 Å². The van der Waals surface area contributed by atoms with Gasteiger partial charge >= 0.3 is 0 Å². The molecular weight excluding hydrogens is 650 g/mol. The Labute approximate surface area is 272 Å². The number of aryl methyl sites for hydroxylation is 1. The van der Waals surface area contributed by atoms with Crippen LogP contribution in [-0.2, 0) is 9.53 Å². The Kier molecular flexibility index (Phi) is 8.02. The van der Waals surface area contributed by atoms with E-state index >= 15 is 0 Å². The highest BCUT2D eigenvalue weighted by molar-refractivity contribution is 9.10. The first-order valence-corrected chi connectivity index (χ1v) is 15.7. The maximum Gasteiger partial charge on any atom is 0.282 e. The van der Waals surface area contributed by atoms with Crippen molar-refractivity contribution in [2.45, 2.75) is 13.8 Å². The Morgan fingerprint density at radius 2 is 1.80 bits per heavy atom. The van der Waals surface area contributed by atoms with Gasteiger partial charge in [0.15, 0.2) is 12.4 Å². The number of carbonyl (C=O) groups excluding carboxylic acids is 1. The van der Waals surface area contributed by atoms with Crippen molar-refractivity contribution in [1.82, 2.24) is 19.1 Å². The van der Waals surface area contributed by atoms with Gasteiger partial charge < -0.3 is 23.4 Å². The number of carbonyl (C=O) groups is 1. The highest BCUT2D eigenvalue weighted by Crippen LogP contribution is 2.29. The van der Waals surface area contributed by atoms with Crippen molar-refractivity contribution < 1.29 is 18.7 Å². The summed E-state index contributed by atoms with van der Waals surface area (Å²) in [4.78, 5) is 32.7. The van der Waals surface area contributed by atoms with Crippen LogP contribution in [-0.4, -0.2) is 64.2 Å². The largest absolute Gasteiger partial charge is 0.484 e. The Bertz CT molecular complexity index is 2170. The average molecular weight is 681 g/mol. The molecule has 1 aliphatic heterocycles. The first kappa shape index (κ1) is 29.7. The van der Waals surface area contributed by atoms with Crippen molar-refractivity contribution >= 4 is 49.9 Å². The second kappa shape index (κ2) is 12.4. The van der Waals surface area contributed by atoms with Gasteiger partial charge in [0, 0.05) is 45.6 Å². The number of rotatable bonds is 7. The summed E-state index contributed by atoms with van der Waals surface area (Å²) in [7, 11) is 0. The van der Waals surface area contributed by atoms with Crippen molar-refractivity contribution in [2.24, 2.45) is 5.10 Å². The zero-order chi connectivity index (χ0) is 31.8. The Morgan fingerprint density at radius 3 is 2.61 bits per heavy atom. The van der Waals surface area contributed by atoms with Crippen LogP contribution in [0.25, 0.3) is 39.1 Å². The monoisotopic (exact) mass is 679 g/mol. The third kappa shape index (κ3) is 5.75. The number of fused-ring (bicyclic) bond motifs is 2. The molecule has 1 amide bonds. The summed E-state index contributed by atoms with van der Waals surface area (Å²) in [5.74, 6) is 1.31. The lowest BCUT2D eigenvalue weighted by atomic mass is 10.2. The molecule has 0 saturated carbocycles. The summed E-state index contributed by atoms with van der Waals surface area (Å²) in [6, 6.07) is 24.4. The molecule has 232 valence electrons. The van der Waals surface area contributed by atoms with E-state index in [0.717, 1.165) is 32.5 Å². The quantitative estimate of drug-likeness (QED) is 0.189. The van der Waals surface area contributed by atoms with Gasteiger partial charge in [0.25, 0.3) is 11.5 Å². The van der Waals surface area contributed by atoms with Gasteiger partial charge in [0.05, 0.1) is 30.3 Å². The topological polar surface area (TPSA) is 104 Å². The fraction of sp³-hybridized carbons (Fsp3) is 0.200. The lowest BCUT2D eigenvalue weighted by molar-refractivity contribution is -0.137. The molecule has 0 unspecified atom stereocenters.